The Morgan fingerprint density at radius 2 is 1.94 bits per heavy atom. The van der Waals surface area contributed by atoms with Crippen LogP contribution in [0.3, 0.4) is 0 Å². The van der Waals surface area contributed by atoms with Crippen molar-refractivity contribution in [2.75, 3.05) is 17.6 Å². The minimum atomic E-state index is -3.55. The lowest BCUT2D eigenvalue weighted by molar-refractivity contribution is 0.00158. The second kappa shape index (κ2) is 14.0. The van der Waals surface area contributed by atoms with Gasteiger partial charge in [-0.15, -0.1) is 0 Å². The number of halogens is 2. The molecule has 2 unspecified atom stereocenters. The Kier molecular flexibility index (Phi) is 9.67. The van der Waals surface area contributed by atoms with Gasteiger partial charge in [0.1, 0.15) is 30.3 Å². The van der Waals surface area contributed by atoms with E-state index in [2.05, 4.69) is 25.6 Å². The van der Waals surface area contributed by atoms with Crippen LogP contribution in [0.5, 0.6) is 5.75 Å². The first-order valence-corrected chi connectivity index (χ1v) is 17.2. The van der Waals surface area contributed by atoms with Gasteiger partial charge in [-0.25, -0.2) is 27.8 Å². The standard InChI is InChI=1S/C35H33ClFN5O4S/c1-2-32(38-16-18-47(43,44)33-9-3-4-15-39-33)35(14-6-17-46-35)25-10-12-30-28(20-25)34(41-23-40-30)42-27-11-13-31(29(36)21-27)45-22-24-7-5-8-26(37)19-24/h3-13,15,17,19-21,23,32,38H,2,14,16,18,22H2,1H3,(H,40,41,42). The molecule has 12 heteroatoms. The molecule has 0 bridgehead atoms. The summed E-state index contributed by atoms with van der Waals surface area (Å²) in [5.41, 5.74) is 2.25. The topological polar surface area (TPSA) is 115 Å². The zero-order valence-corrected chi connectivity index (χ0v) is 27.1. The van der Waals surface area contributed by atoms with Crippen molar-refractivity contribution in [2.45, 2.75) is 43.0 Å². The molecular weight excluding hydrogens is 641 g/mol. The lowest BCUT2D eigenvalue weighted by Gasteiger charge is -2.37. The number of nitrogens with zero attached hydrogens (tertiary/aromatic N) is 3. The lowest BCUT2D eigenvalue weighted by atomic mass is 9.82. The molecule has 0 saturated carbocycles. The number of benzene rings is 3. The summed E-state index contributed by atoms with van der Waals surface area (Å²) in [5, 5.41) is 8.02. The van der Waals surface area contributed by atoms with E-state index in [9.17, 15) is 12.8 Å². The molecule has 47 heavy (non-hydrogen) atoms. The van der Waals surface area contributed by atoms with E-state index in [1.54, 1.807) is 42.7 Å². The number of pyridine rings is 1. The molecule has 0 spiro atoms. The molecule has 0 fully saturated rings. The van der Waals surface area contributed by atoms with Crippen LogP contribution in [0.25, 0.3) is 10.9 Å². The van der Waals surface area contributed by atoms with E-state index in [-0.39, 0.29) is 35.8 Å². The van der Waals surface area contributed by atoms with Gasteiger partial charge in [-0.3, -0.25) is 0 Å². The van der Waals surface area contributed by atoms with E-state index < -0.39 is 15.4 Å². The van der Waals surface area contributed by atoms with Crippen molar-refractivity contribution in [2.24, 2.45) is 0 Å². The Hall–Kier alpha value is -4.58. The molecule has 2 aromatic heterocycles. The van der Waals surface area contributed by atoms with Crippen LogP contribution in [0, 0.1) is 5.82 Å². The van der Waals surface area contributed by atoms with E-state index in [0.717, 1.165) is 16.5 Å². The van der Waals surface area contributed by atoms with Crippen LogP contribution in [-0.2, 0) is 26.8 Å². The smallest absolute Gasteiger partial charge is 0.196 e. The summed E-state index contributed by atoms with van der Waals surface area (Å²) >= 11 is 6.55. The molecule has 5 aromatic rings. The number of nitrogens with one attached hydrogen (secondary N) is 2. The maximum atomic E-state index is 13.5. The third-order valence-corrected chi connectivity index (χ3v) is 10.0. The van der Waals surface area contributed by atoms with Gasteiger partial charge in [-0.05, 0) is 78.2 Å². The second-order valence-electron chi connectivity index (χ2n) is 11.1. The summed E-state index contributed by atoms with van der Waals surface area (Å²) in [5.74, 6) is 0.619. The Morgan fingerprint density at radius 1 is 1.04 bits per heavy atom. The van der Waals surface area contributed by atoms with Gasteiger partial charge in [0.2, 0.25) is 0 Å². The van der Waals surface area contributed by atoms with E-state index in [0.29, 0.717) is 40.7 Å². The second-order valence-corrected chi connectivity index (χ2v) is 13.6. The Morgan fingerprint density at radius 3 is 2.68 bits per heavy atom. The summed E-state index contributed by atoms with van der Waals surface area (Å²) in [7, 11) is -3.55. The molecule has 9 nitrogen and oxygen atoms in total. The highest BCUT2D eigenvalue weighted by Crippen LogP contribution is 2.41. The molecule has 3 heterocycles. The zero-order chi connectivity index (χ0) is 32.9. The maximum absolute atomic E-state index is 13.5. The van der Waals surface area contributed by atoms with Crippen LogP contribution in [0.15, 0.2) is 109 Å². The van der Waals surface area contributed by atoms with Crippen LogP contribution in [0.1, 0.15) is 30.9 Å². The third-order valence-electron chi connectivity index (χ3n) is 8.09. The van der Waals surface area contributed by atoms with Crippen molar-refractivity contribution in [3.05, 3.63) is 126 Å². The van der Waals surface area contributed by atoms with Gasteiger partial charge >= 0.3 is 0 Å². The Bertz CT molecular complexity index is 2000. The van der Waals surface area contributed by atoms with Gasteiger partial charge in [-0.2, -0.15) is 0 Å². The molecule has 0 saturated heterocycles. The first-order valence-electron chi connectivity index (χ1n) is 15.2. The number of hydrogen-bond acceptors (Lipinski definition) is 9. The van der Waals surface area contributed by atoms with Gasteiger partial charge in [0.05, 0.1) is 28.6 Å². The first kappa shape index (κ1) is 32.4. The number of sulfone groups is 1. The van der Waals surface area contributed by atoms with Crippen molar-refractivity contribution >= 4 is 43.8 Å². The normalized spacial score (nSPS) is 16.6. The number of hydrogen-bond donors (Lipinski definition) is 2. The minimum Gasteiger partial charge on any atom is -0.489 e. The molecule has 0 aliphatic carbocycles. The van der Waals surface area contributed by atoms with Crippen LogP contribution in [0.4, 0.5) is 15.9 Å². The van der Waals surface area contributed by atoms with Gasteiger partial charge in [0, 0.05) is 30.2 Å². The molecule has 6 rings (SSSR count). The lowest BCUT2D eigenvalue weighted by Crippen LogP contribution is -2.49. The van der Waals surface area contributed by atoms with Crippen LogP contribution in [-0.4, -0.2) is 41.7 Å². The average molecular weight is 674 g/mol. The van der Waals surface area contributed by atoms with E-state index in [1.165, 1.54) is 30.7 Å². The van der Waals surface area contributed by atoms with Crippen LogP contribution < -0.4 is 15.4 Å². The number of fused-ring (bicyclic) bond motifs is 1. The van der Waals surface area contributed by atoms with Gasteiger partial charge < -0.3 is 20.1 Å². The summed E-state index contributed by atoms with van der Waals surface area (Å²) in [6, 6.07) is 22.1. The molecule has 0 amide bonds. The van der Waals surface area contributed by atoms with Gasteiger partial charge in [-0.1, -0.05) is 42.8 Å². The average Bonchev–Trinajstić information content (AvgIpc) is 3.58. The molecule has 3 aromatic carbocycles. The van der Waals surface area contributed by atoms with Crippen molar-refractivity contribution in [1.82, 2.24) is 20.3 Å². The first-order chi connectivity index (χ1) is 22.8. The summed E-state index contributed by atoms with van der Waals surface area (Å²) < 4.78 is 51.4. The van der Waals surface area contributed by atoms with Crippen molar-refractivity contribution < 1.29 is 22.3 Å². The number of aromatic nitrogens is 3. The monoisotopic (exact) mass is 673 g/mol. The van der Waals surface area contributed by atoms with E-state index in [4.69, 9.17) is 21.1 Å². The number of rotatable bonds is 13. The predicted octanol–water partition coefficient (Wildman–Crippen LogP) is 7.11. The van der Waals surface area contributed by atoms with Crippen molar-refractivity contribution in [3.8, 4) is 5.75 Å². The molecule has 1 aliphatic rings. The summed E-state index contributed by atoms with van der Waals surface area (Å²) in [6.45, 7) is 2.45. The highest BCUT2D eigenvalue weighted by molar-refractivity contribution is 7.91. The largest absolute Gasteiger partial charge is 0.489 e. The Balaban J connectivity index is 1.21. The summed E-state index contributed by atoms with van der Waals surface area (Å²) in [6.07, 6.45) is 7.92. The molecule has 1 aliphatic heterocycles. The number of ether oxygens (including phenoxy) is 2. The number of anilines is 2. The molecular formula is C35H33ClFN5O4S. The minimum absolute atomic E-state index is 0.0604. The van der Waals surface area contributed by atoms with Crippen LogP contribution in [0.2, 0.25) is 5.02 Å². The molecule has 2 N–H and O–H groups in total. The third kappa shape index (κ3) is 7.22. The van der Waals surface area contributed by atoms with E-state index in [1.807, 2.05) is 37.3 Å². The quantitative estimate of drug-likeness (QED) is 0.135. The molecule has 2 atom stereocenters. The van der Waals surface area contributed by atoms with Gasteiger partial charge in [0.15, 0.2) is 20.5 Å². The van der Waals surface area contributed by atoms with Crippen molar-refractivity contribution in [1.29, 1.82) is 0 Å². The predicted molar refractivity (Wildman–Crippen MR) is 180 cm³/mol. The molecule has 0 radical (unpaired) electrons. The fourth-order valence-electron chi connectivity index (χ4n) is 5.73. The Labute approximate surface area is 277 Å². The van der Waals surface area contributed by atoms with Crippen molar-refractivity contribution in [3.63, 3.8) is 0 Å². The fourth-order valence-corrected chi connectivity index (χ4v) is 7.07. The van der Waals surface area contributed by atoms with E-state index >= 15 is 0 Å². The highest BCUT2D eigenvalue weighted by atomic mass is 35.5. The van der Waals surface area contributed by atoms with Gasteiger partial charge in [0.25, 0.3) is 0 Å². The SMILES string of the molecule is CCC(NCCS(=O)(=O)c1ccccn1)C1(c2ccc3ncnc(Nc4ccc(OCc5cccc(F)c5)c(Cl)c4)c3c2)CC=CO1. The fraction of sp³-hybridized carbons (Fsp3) is 0.229. The highest BCUT2D eigenvalue weighted by Gasteiger charge is 2.43. The zero-order valence-electron chi connectivity index (χ0n) is 25.6. The van der Waals surface area contributed by atoms with Crippen LogP contribution >= 0.6 is 11.6 Å². The molecule has 242 valence electrons. The summed E-state index contributed by atoms with van der Waals surface area (Å²) in [4.78, 5) is 13.0. The maximum Gasteiger partial charge on any atom is 0.196 e.